The van der Waals surface area contributed by atoms with E-state index in [1.165, 1.54) is 18.2 Å². The van der Waals surface area contributed by atoms with Crippen LogP contribution in [0.2, 0.25) is 0 Å². The highest BCUT2D eigenvalue weighted by Crippen LogP contribution is 2.57. The van der Waals surface area contributed by atoms with Crippen molar-refractivity contribution >= 4 is 16.9 Å². The number of fused-ring (bicyclic) bond motifs is 4. The molecular weight excluding hydrogens is 364 g/mol. The normalized spacial score (nSPS) is 25.7. The molecule has 7 nitrogen and oxygen atoms in total. The Labute approximate surface area is 158 Å². The molecular formula is C21H16O7. The van der Waals surface area contributed by atoms with Gasteiger partial charge in [-0.15, -0.1) is 0 Å². The Morgan fingerprint density at radius 3 is 2.50 bits per heavy atom. The van der Waals surface area contributed by atoms with Crippen LogP contribution in [0.4, 0.5) is 0 Å². The number of carboxylic acids is 1. The monoisotopic (exact) mass is 380 g/mol. The average molecular weight is 380 g/mol. The zero-order valence-corrected chi connectivity index (χ0v) is 14.5. The lowest BCUT2D eigenvalue weighted by Gasteiger charge is -2.29. The van der Waals surface area contributed by atoms with Crippen LogP contribution >= 0.6 is 0 Å². The number of phenols is 3. The maximum absolute atomic E-state index is 12.0. The fourth-order valence-corrected chi connectivity index (χ4v) is 4.90. The van der Waals surface area contributed by atoms with E-state index in [2.05, 4.69) is 0 Å². The summed E-state index contributed by atoms with van der Waals surface area (Å²) >= 11 is 0. The van der Waals surface area contributed by atoms with Crippen LogP contribution < -0.4 is 5.43 Å². The summed E-state index contributed by atoms with van der Waals surface area (Å²) in [6, 6.07) is 5.58. The van der Waals surface area contributed by atoms with Gasteiger partial charge < -0.3 is 24.8 Å². The van der Waals surface area contributed by atoms with Crippen molar-refractivity contribution in [2.24, 2.45) is 17.8 Å². The van der Waals surface area contributed by atoms with E-state index in [-0.39, 0.29) is 23.2 Å². The van der Waals surface area contributed by atoms with Gasteiger partial charge in [0.25, 0.3) is 0 Å². The molecule has 0 amide bonds. The summed E-state index contributed by atoms with van der Waals surface area (Å²) in [5, 5.41) is 40.8. The van der Waals surface area contributed by atoms with Crippen molar-refractivity contribution in [1.82, 2.24) is 0 Å². The van der Waals surface area contributed by atoms with Gasteiger partial charge in [0.05, 0.1) is 5.92 Å². The Morgan fingerprint density at radius 2 is 1.75 bits per heavy atom. The van der Waals surface area contributed by atoms with Crippen molar-refractivity contribution in [2.45, 2.75) is 12.3 Å². The van der Waals surface area contributed by atoms with Gasteiger partial charge in [-0.1, -0.05) is 12.2 Å². The van der Waals surface area contributed by atoms with Crippen LogP contribution in [0.1, 0.15) is 17.9 Å². The van der Waals surface area contributed by atoms with Gasteiger partial charge in [-0.05, 0) is 48.1 Å². The summed E-state index contributed by atoms with van der Waals surface area (Å²) in [7, 11) is 0. The number of carbonyl (C=O) groups is 1. The zero-order chi connectivity index (χ0) is 19.7. The Morgan fingerprint density at radius 1 is 1.00 bits per heavy atom. The fraction of sp³-hybridized carbons (Fsp3) is 0.238. The molecule has 1 fully saturated rings. The van der Waals surface area contributed by atoms with E-state index < -0.39 is 40.5 Å². The first-order valence-corrected chi connectivity index (χ1v) is 8.93. The van der Waals surface area contributed by atoms with Crippen LogP contribution in [0.5, 0.6) is 17.2 Å². The van der Waals surface area contributed by atoms with Crippen molar-refractivity contribution in [2.75, 3.05) is 0 Å². The first-order valence-electron chi connectivity index (χ1n) is 8.93. The molecule has 142 valence electrons. The first-order chi connectivity index (χ1) is 13.4. The molecule has 0 unspecified atom stereocenters. The molecule has 5 rings (SSSR count). The number of benzene rings is 2. The second kappa shape index (κ2) is 5.51. The second-order valence-electron chi connectivity index (χ2n) is 7.45. The van der Waals surface area contributed by atoms with Crippen molar-refractivity contribution < 1.29 is 29.6 Å². The van der Waals surface area contributed by atoms with Gasteiger partial charge in [0.1, 0.15) is 0 Å². The highest BCUT2D eigenvalue weighted by atomic mass is 16.4. The Balaban J connectivity index is 1.93. The lowest BCUT2D eigenvalue weighted by molar-refractivity contribution is -0.143. The summed E-state index contributed by atoms with van der Waals surface area (Å²) in [6.45, 7) is 0. The van der Waals surface area contributed by atoms with Crippen LogP contribution in [0.15, 0.2) is 45.6 Å². The molecule has 28 heavy (non-hydrogen) atoms. The summed E-state index contributed by atoms with van der Waals surface area (Å²) in [5.41, 5.74) is 0.265. The quantitative estimate of drug-likeness (QED) is 0.306. The standard InChI is InChI=1S/C21H16O7/c22-12-5-3-10-16(14-8-1-2-9(7-8)15(14)21(26)27)11-4-6-13(23)18(25)20(11)28-19(10)17(12)24/h1-6,8-9,14-15,22,24-25H,7H2,(H,26,27)/t8-,9-,14+,15-/m0/s1. The molecule has 2 bridgehead atoms. The summed E-state index contributed by atoms with van der Waals surface area (Å²) < 4.78 is 5.62. The van der Waals surface area contributed by atoms with Gasteiger partial charge >= 0.3 is 5.97 Å². The van der Waals surface area contributed by atoms with E-state index in [4.69, 9.17) is 4.42 Å². The maximum Gasteiger partial charge on any atom is 0.307 e. The number of aliphatic carboxylic acids is 1. The van der Waals surface area contributed by atoms with Gasteiger partial charge in [-0.3, -0.25) is 9.59 Å². The van der Waals surface area contributed by atoms with Gasteiger partial charge in [-0.2, -0.15) is 0 Å². The predicted octanol–water partition coefficient (Wildman–Crippen LogP) is 3.00. The maximum atomic E-state index is 12.0. The van der Waals surface area contributed by atoms with E-state index >= 15 is 0 Å². The van der Waals surface area contributed by atoms with E-state index in [0.29, 0.717) is 22.9 Å². The van der Waals surface area contributed by atoms with Gasteiger partial charge in [0, 0.05) is 16.9 Å². The summed E-state index contributed by atoms with van der Waals surface area (Å²) in [4.78, 5) is 24.0. The molecule has 1 heterocycles. The molecule has 1 aliphatic heterocycles. The molecule has 4 N–H and O–H groups in total. The molecule has 3 aliphatic carbocycles. The van der Waals surface area contributed by atoms with Crippen LogP contribution in [-0.4, -0.2) is 26.4 Å². The smallest absolute Gasteiger partial charge is 0.307 e. The minimum Gasteiger partial charge on any atom is -0.504 e. The fourth-order valence-electron chi connectivity index (χ4n) is 4.90. The molecule has 7 heteroatoms. The number of carboxylic acid groups (broad SMARTS) is 1. The van der Waals surface area contributed by atoms with E-state index in [1.54, 1.807) is 6.07 Å². The molecule has 1 aromatic carbocycles. The van der Waals surface area contributed by atoms with Crippen LogP contribution in [0, 0.1) is 17.8 Å². The number of rotatable bonds is 2. The number of aromatic hydroxyl groups is 3. The Hall–Kier alpha value is -3.48. The third kappa shape index (κ3) is 2.04. The first kappa shape index (κ1) is 16.7. The van der Waals surface area contributed by atoms with Gasteiger partial charge in [0.2, 0.25) is 16.9 Å². The lowest BCUT2D eigenvalue weighted by atomic mass is 9.75. The van der Waals surface area contributed by atoms with Crippen molar-refractivity contribution in [1.29, 1.82) is 0 Å². The molecule has 4 atom stereocenters. The number of phenolic OH excluding ortho intramolecular Hbond substituents is 3. The predicted molar refractivity (Wildman–Crippen MR) is 98.7 cm³/mol. The lowest BCUT2D eigenvalue weighted by Crippen LogP contribution is -2.26. The molecule has 0 radical (unpaired) electrons. The molecule has 1 saturated carbocycles. The Kier molecular flexibility index (Phi) is 3.28. The molecule has 4 aliphatic rings. The number of hydrogen-bond donors (Lipinski definition) is 4. The molecule has 0 spiro atoms. The van der Waals surface area contributed by atoms with Crippen LogP contribution in [0.3, 0.4) is 0 Å². The molecule has 0 aromatic heterocycles. The van der Waals surface area contributed by atoms with E-state index in [1.807, 2.05) is 12.2 Å². The van der Waals surface area contributed by atoms with Crippen LogP contribution in [-0.2, 0) is 4.79 Å². The molecule has 0 saturated heterocycles. The van der Waals surface area contributed by atoms with Crippen LogP contribution in [0.25, 0.3) is 22.3 Å². The third-order valence-corrected chi connectivity index (χ3v) is 6.07. The average Bonchev–Trinajstić information content (AvgIpc) is 3.28. The zero-order valence-electron chi connectivity index (χ0n) is 14.5. The summed E-state index contributed by atoms with van der Waals surface area (Å²) in [5.74, 6) is -3.83. The van der Waals surface area contributed by atoms with Crippen molar-refractivity contribution in [3.63, 3.8) is 0 Å². The van der Waals surface area contributed by atoms with Gasteiger partial charge in [-0.25, -0.2) is 0 Å². The third-order valence-electron chi connectivity index (χ3n) is 6.07. The SMILES string of the molecule is O=C(O)[C@@H]1[C@H](c2c3ccc(=O)c(O)c-3oc3c(O)c(O)ccc23)[C@H]2C=C[C@H]1C2. The minimum atomic E-state index is -0.920. The largest absolute Gasteiger partial charge is 0.504 e. The van der Waals surface area contributed by atoms with E-state index in [9.17, 15) is 30.0 Å². The highest BCUT2D eigenvalue weighted by Gasteiger charge is 2.50. The Bertz CT molecular complexity index is 1210. The topological polar surface area (TPSA) is 128 Å². The number of hydrogen-bond acceptors (Lipinski definition) is 6. The van der Waals surface area contributed by atoms with Crippen molar-refractivity contribution in [3.05, 3.63) is 52.2 Å². The molecule has 1 aromatic rings. The highest BCUT2D eigenvalue weighted by molar-refractivity contribution is 5.95. The van der Waals surface area contributed by atoms with Gasteiger partial charge in [0.15, 0.2) is 17.1 Å². The summed E-state index contributed by atoms with van der Waals surface area (Å²) in [6.07, 6.45) is 4.62. The minimum absolute atomic E-state index is 0.0232. The van der Waals surface area contributed by atoms with Crippen molar-refractivity contribution in [3.8, 4) is 28.6 Å². The number of allylic oxidation sites excluding steroid dienone is 2. The van der Waals surface area contributed by atoms with E-state index in [0.717, 1.165) is 0 Å². The second-order valence-corrected chi connectivity index (χ2v) is 7.45.